The lowest BCUT2D eigenvalue weighted by Gasteiger charge is -2.20. The molecule has 0 spiro atoms. The van der Waals surface area contributed by atoms with Crippen molar-refractivity contribution in [1.82, 2.24) is 9.88 Å². The Morgan fingerprint density at radius 1 is 1.63 bits per heavy atom. The third-order valence-electron chi connectivity index (χ3n) is 2.77. The summed E-state index contributed by atoms with van der Waals surface area (Å²) in [6.45, 7) is 2.54. The van der Waals surface area contributed by atoms with Crippen molar-refractivity contribution < 1.29 is 14.8 Å². The fourth-order valence-electron chi connectivity index (χ4n) is 1.30. The van der Waals surface area contributed by atoms with Crippen LogP contribution in [0.5, 0.6) is 0 Å². The number of rotatable bonds is 6. The quantitative estimate of drug-likeness (QED) is 0.586. The van der Waals surface area contributed by atoms with E-state index in [1.165, 1.54) is 6.07 Å². The molecule has 0 fully saturated rings. The van der Waals surface area contributed by atoms with Gasteiger partial charge in [0.15, 0.2) is 0 Å². The molecule has 104 valence electrons. The van der Waals surface area contributed by atoms with E-state index in [0.29, 0.717) is 12.4 Å². The van der Waals surface area contributed by atoms with Crippen LogP contribution in [-0.2, 0) is 0 Å². The summed E-state index contributed by atoms with van der Waals surface area (Å²) in [5.74, 6) is -1.05. The summed E-state index contributed by atoms with van der Waals surface area (Å²) in [7, 11) is 3.83. The minimum Gasteiger partial charge on any atom is -0.477 e. The largest absolute Gasteiger partial charge is 0.477 e. The lowest BCUT2D eigenvalue weighted by atomic mass is 10.2. The molecule has 2 N–H and O–H groups in total. The van der Waals surface area contributed by atoms with E-state index in [9.17, 15) is 14.9 Å². The van der Waals surface area contributed by atoms with Crippen LogP contribution >= 0.6 is 0 Å². The molecule has 1 aromatic rings. The minimum absolute atomic E-state index is 0.213. The summed E-state index contributed by atoms with van der Waals surface area (Å²) in [5, 5.41) is 22.6. The molecule has 0 saturated heterocycles. The number of nitrogens with zero attached hydrogens (tertiary/aromatic N) is 3. The monoisotopic (exact) mass is 268 g/mol. The number of anilines is 1. The Kier molecular flexibility index (Phi) is 4.76. The molecule has 8 heteroatoms. The highest BCUT2D eigenvalue weighted by Gasteiger charge is 2.21. The second-order valence-corrected chi connectivity index (χ2v) is 4.34. The summed E-state index contributed by atoms with van der Waals surface area (Å²) in [6, 6.07) is 1.38. The number of hydrogen-bond donors (Lipinski definition) is 2. The number of carboxylic acid groups (broad SMARTS) is 1. The third-order valence-corrected chi connectivity index (χ3v) is 2.77. The van der Waals surface area contributed by atoms with Crippen molar-refractivity contribution in [2.24, 2.45) is 0 Å². The number of aromatic carboxylic acids is 1. The van der Waals surface area contributed by atoms with E-state index in [2.05, 4.69) is 10.3 Å². The second-order valence-electron chi connectivity index (χ2n) is 4.34. The molecule has 0 aliphatic rings. The lowest BCUT2D eigenvalue weighted by molar-refractivity contribution is -0.385. The van der Waals surface area contributed by atoms with Gasteiger partial charge >= 0.3 is 11.7 Å². The summed E-state index contributed by atoms with van der Waals surface area (Å²) in [5.41, 5.74) is -0.890. The first-order valence-electron chi connectivity index (χ1n) is 5.61. The Balaban J connectivity index is 2.90. The number of nitrogens with one attached hydrogen (secondary N) is 1. The van der Waals surface area contributed by atoms with Crippen LogP contribution in [0.1, 0.15) is 17.3 Å². The molecule has 0 aromatic carbocycles. The van der Waals surface area contributed by atoms with Gasteiger partial charge in [0.2, 0.25) is 0 Å². The Bertz CT molecular complexity index is 490. The van der Waals surface area contributed by atoms with Crippen LogP contribution in [0.15, 0.2) is 12.3 Å². The molecule has 1 heterocycles. The zero-order valence-corrected chi connectivity index (χ0v) is 11.0. The van der Waals surface area contributed by atoms with Crippen molar-refractivity contribution in [3.8, 4) is 0 Å². The molecule has 19 heavy (non-hydrogen) atoms. The molecule has 8 nitrogen and oxygen atoms in total. The Morgan fingerprint density at radius 2 is 2.26 bits per heavy atom. The van der Waals surface area contributed by atoms with Crippen LogP contribution < -0.4 is 5.32 Å². The molecule has 0 aliphatic carbocycles. The van der Waals surface area contributed by atoms with E-state index in [1.807, 2.05) is 25.9 Å². The minimum atomic E-state index is -1.35. The molecule has 1 unspecified atom stereocenters. The van der Waals surface area contributed by atoms with E-state index in [0.717, 1.165) is 6.20 Å². The standard InChI is InChI=1S/C11H16N4O4/c1-7(14(2)3)5-12-10-4-8(11(16)17)9(6-13-10)15(18)19/h4,6-7H,5H2,1-3H3,(H,12,13)(H,16,17). The van der Waals surface area contributed by atoms with Crippen LogP contribution in [0.3, 0.4) is 0 Å². The fraction of sp³-hybridized carbons (Fsp3) is 0.455. The van der Waals surface area contributed by atoms with Gasteiger partial charge in [-0.2, -0.15) is 0 Å². The number of aromatic nitrogens is 1. The van der Waals surface area contributed by atoms with Crippen molar-refractivity contribution in [2.45, 2.75) is 13.0 Å². The van der Waals surface area contributed by atoms with Gasteiger partial charge in [-0.05, 0) is 21.0 Å². The molecule has 0 amide bonds. The normalized spacial score (nSPS) is 12.2. The molecule has 1 rings (SSSR count). The van der Waals surface area contributed by atoms with E-state index < -0.39 is 16.6 Å². The molecule has 1 aromatic heterocycles. The third kappa shape index (κ3) is 3.88. The van der Waals surface area contributed by atoms with Gasteiger partial charge in [-0.1, -0.05) is 0 Å². The SMILES string of the molecule is CC(CNc1cc(C(=O)O)c([N+](=O)[O-])cn1)N(C)C. The molecule has 0 aliphatic heterocycles. The van der Waals surface area contributed by atoms with Crippen molar-refractivity contribution in [1.29, 1.82) is 0 Å². The Hall–Kier alpha value is -2.22. The van der Waals surface area contributed by atoms with Gasteiger partial charge in [-0.3, -0.25) is 10.1 Å². The van der Waals surface area contributed by atoms with Gasteiger partial charge in [0.1, 0.15) is 17.6 Å². The average molecular weight is 268 g/mol. The van der Waals surface area contributed by atoms with Crippen LogP contribution in [0.25, 0.3) is 0 Å². The highest BCUT2D eigenvalue weighted by Crippen LogP contribution is 2.20. The maximum absolute atomic E-state index is 11.0. The Morgan fingerprint density at radius 3 is 2.74 bits per heavy atom. The summed E-state index contributed by atoms with van der Waals surface area (Å²) in [6.07, 6.45) is 0.951. The van der Waals surface area contributed by atoms with Gasteiger partial charge in [0, 0.05) is 18.7 Å². The number of carboxylic acids is 1. The van der Waals surface area contributed by atoms with E-state index in [4.69, 9.17) is 5.11 Å². The van der Waals surface area contributed by atoms with Crippen molar-refractivity contribution in [2.75, 3.05) is 26.0 Å². The van der Waals surface area contributed by atoms with E-state index in [-0.39, 0.29) is 11.6 Å². The van der Waals surface area contributed by atoms with Crippen molar-refractivity contribution >= 4 is 17.5 Å². The number of hydrogen-bond acceptors (Lipinski definition) is 6. The molecule has 0 saturated carbocycles. The second kappa shape index (κ2) is 6.10. The van der Waals surface area contributed by atoms with Crippen molar-refractivity contribution in [3.05, 3.63) is 27.9 Å². The highest BCUT2D eigenvalue weighted by molar-refractivity contribution is 5.93. The van der Waals surface area contributed by atoms with Crippen LogP contribution in [0.2, 0.25) is 0 Å². The average Bonchev–Trinajstić information content (AvgIpc) is 2.35. The van der Waals surface area contributed by atoms with E-state index >= 15 is 0 Å². The van der Waals surface area contributed by atoms with Gasteiger partial charge in [0.05, 0.1) is 4.92 Å². The predicted molar refractivity (Wildman–Crippen MR) is 69.5 cm³/mol. The summed E-state index contributed by atoms with van der Waals surface area (Å²) >= 11 is 0. The van der Waals surface area contributed by atoms with Crippen LogP contribution in [-0.4, -0.2) is 52.6 Å². The highest BCUT2D eigenvalue weighted by atomic mass is 16.6. The van der Waals surface area contributed by atoms with Crippen molar-refractivity contribution in [3.63, 3.8) is 0 Å². The first-order chi connectivity index (χ1) is 8.82. The van der Waals surface area contributed by atoms with Gasteiger partial charge < -0.3 is 15.3 Å². The van der Waals surface area contributed by atoms with Gasteiger partial charge in [0.25, 0.3) is 0 Å². The van der Waals surface area contributed by atoms with Crippen LogP contribution in [0, 0.1) is 10.1 Å². The van der Waals surface area contributed by atoms with Gasteiger partial charge in [-0.25, -0.2) is 9.78 Å². The van der Waals surface area contributed by atoms with Gasteiger partial charge in [-0.15, -0.1) is 0 Å². The zero-order valence-electron chi connectivity index (χ0n) is 11.0. The summed E-state index contributed by atoms with van der Waals surface area (Å²) < 4.78 is 0. The number of nitro groups is 1. The molecule has 1 atom stereocenters. The fourth-order valence-corrected chi connectivity index (χ4v) is 1.30. The number of carbonyl (C=O) groups is 1. The molecular formula is C11H16N4O4. The zero-order chi connectivity index (χ0) is 14.6. The molecular weight excluding hydrogens is 252 g/mol. The summed E-state index contributed by atoms with van der Waals surface area (Å²) in [4.78, 5) is 26.7. The van der Waals surface area contributed by atoms with Crippen LogP contribution in [0.4, 0.5) is 11.5 Å². The lowest BCUT2D eigenvalue weighted by Crippen LogP contribution is -2.31. The number of pyridine rings is 1. The maximum atomic E-state index is 11.0. The first-order valence-corrected chi connectivity index (χ1v) is 5.61. The predicted octanol–water partition coefficient (Wildman–Crippen LogP) is 1.05. The maximum Gasteiger partial charge on any atom is 0.342 e. The smallest absolute Gasteiger partial charge is 0.342 e. The molecule has 0 radical (unpaired) electrons. The Labute approximate surface area is 110 Å². The van der Waals surface area contributed by atoms with E-state index in [1.54, 1.807) is 0 Å². The number of likely N-dealkylation sites (N-methyl/N-ethyl adjacent to an activating group) is 1. The topological polar surface area (TPSA) is 109 Å². The first kappa shape index (κ1) is 14.8. The molecule has 0 bridgehead atoms.